The maximum Gasteiger partial charge on any atom is 0.108 e. The lowest BCUT2D eigenvalue weighted by Gasteiger charge is -2.21. The SMILES string of the molecule is COOCC1CCCCO1. The lowest BCUT2D eigenvalue weighted by molar-refractivity contribution is -0.289. The summed E-state index contributed by atoms with van der Waals surface area (Å²) in [5.74, 6) is 0. The zero-order valence-electron chi connectivity index (χ0n) is 6.34. The number of ether oxygens (including phenoxy) is 1. The largest absolute Gasteiger partial charge is 0.376 e. The zero-order valence-corrected chi connectivity index (χ0v) is 6.34. The van der Waals surface area contributed by atoms with Gasteiger partial charge in [-0.2, -0.15) is 0 Å². The summed E-state index contributed by atoms with van der Waals surface area (Å²) in [7, 11) is 1.52. The van der Waals surface area contributed by atoms with Crippen LogP contribution in [0.25, 0.3) is 0 Å². The lowest BCUT2D eigenvalue weighted by atomic mass is 10.1. The Morgan fingerprint density at radius 2 is 2.40 bits per heavy atom. The van der Waals surface area contributed by atoms with Crippen LogP contribution in [0.15, 0.2) is 0 Å². The summed E-state index contributed by atoms with van der Waals surface area (Å²) in [6.45, 7) is 1.44. The zero-order chi connectivity index (χ0) is 7.23. The van der Waals surface area contributed by atoms with E-state index in [9.17, 15) is 0 Å². The van der Waals surface area contributed by atoms with E-state index >= 15 is 0 Å². The van der Waals surface area contributed by atoms with Crippen LogP contribution in [0.4, 0.5) is 0 Å². The first-order chi connectivity index (χ1) is 4.93. The molecule has 3 nitrogen and oxygen atoms in total. The molecular formula is C7H14O3. The highest BCUT2D eigenvalue weighted by molar-refractivity contribution is 4.61. The van der Waals surface area contributed by atoms with E-state index < -0.39 is 0 Å². The van der Waals surface area contributed by atoms with Crippen LogP contribution in [0.1, 0.15) is 19.3 Å². The molecule has 0 aliphatic carbocycles. The lowest BCUT2D eigenvalue weighted by Crippen LogP contribution is -2.24. The summed E-state index contributed by atoms with van der Waals surface area (Å²) >= 11 is 0. The normalized spacial score (nSPS) is 26.7. The average molecular weight is 146 g/mol. The second-order valence-electron chi connectivity index (χ2n) is 2.44. The summed E-state index contributed by atoms with van der Waals surface area (Å²) in [5, 5.41) is 0. The molecule has 0 aromatic rings. The highest BCUT2D eigenvalue weighted by Crippen LogP contribution is 2.12. The summed E-state index contributed by atoms with van der Waals surface area (Å²) < 4.78 is 5.38. The molecule has 1 saturated heterocycles. The topological polar surface area (TPSA) is 27.7 Å². The van der Waals surface area contributed by atoms with Crippen molar-refractivity contribution in [2.75, 3.05) is 20.3 Å². The molecule has 3 heteroatoms. The molecule has 0 N–H and O–H groups in total. The van der Waals surface area contributed by atoms with Gasteiger partial charge in [0, 0.05) is 6.61 Å². The van der Waals surface area contributed by atoms with Crippen molar-refractivity contribution in [1.82, 2.24) is 0 Å². The van der Waals surface area contributed by atoms with Crippen molar-refractivity contribution in [2.24, 2.45) is 0 Å². The second kappa shape index (κ2) is 4.66. The second-order valence-corrected chi connectivity index (χ2v) is 2.44. The first-order valence-electron chi connectivity index (χ1n) is 3.70. The maximum absolute atomic E-state index is 5.38. The summed E-state index contributed by atoms with van der Waals surface area (Å²) in [6, 6.07) is 0. The fraction of sp³-hybridized carbons (Fsp3) is 1.00. The van der Waals surface area contributed by atoms with Crippen LogP contribution in [-0.4, -0.2) is 26.4 Å². The van der Waals surface area contributed by atoms with Gasteiger partial charge < -0.3 is 4.74 Å². The van der Waals surface area contributed by atoms with Gasteiger partial charge in [0.1, 0.15) is 6.61 Å². The Bertz CT molecular complexity index is 78.9. The molecule has 1 atom stereocenters. The Morgan fingerprint density at radius 3 is 3.00 bits per heavy atom. The molecule has 0 saturated carbocycles. The molecule has 0 amide bonds. The molecule has 0 aromatic carbocycles. The molecule has 1 rings (SSSR count). The standard InChI is InChI=1S/C7H14O3/c1-8-10-6-7-4-2-3-5-9-7/h7H,2-6H2,1H3. The van der Waals surface area contributed by atoms with Crippen molar-refractivity contribution < 1.29 is 14.5 Å². The van der Waals surface area contributed by atoms with Crippen molar-refractivity contribution in [2.45, 2.75) is 25.4 Å². The minimum atomic E-state index is 0.258. The van der Waals surface area contributed by atoms with E-state index in [0.717, 1.165) is 13.0 Å². The van der Waals surface area contributed by atoms with E-state index in [-0.39, 0.29) is 6.10 Å². The smallest absolute Gasteiger partial charge is 0.108 e. The van der Waals surface area contributed by atoms with Gasteiger partial charge in [0.2, 0.25) is 0 Å². The summed E-state index contributed by atoms with van der Waals surface area (Å²) in [6.07, 6.45) is 3.79. The Labute approximate surface area is 61.2 Å². The highest BCUT2D eigenvalue weighted by Gasteiger charge is 2.13. The number of hydrogen-bond acceptors (Lipinski definition) is 3. The Kier molecular flexibility index (Phi) is 3.72. The molecule has 0 spiro atoms. The molecule has 0 aromatic heterocycles. The molecule has 0 radical (unpaired) electrons. The van der Waals surface area contributed by atoms with E-state index in [0.29, 0.717) is 6.61 Å². The van der Waals surface area contributed by atoms with Gasteiger partial charge in [-0.05, 0) is 19.3 Å². The minimum absolute atomic E-state index is 0.258. The van der Waals surface area contributed by atoms with Crippen LogP contribution < -0.4 is 0 Å². The van der Waals surface area contributed by atoms with Crippen LogP contribution in [0.2, 0.25) is 0 Å². The number of rotatable bonds is 3. The quantitative estimate of drug-likeness (QED) is 0.441. The number of hydrogen-bond donors (Lipinski definition) is 0. The van der Waals surface area contributed by atoms with Gasteiger partial charge in [-0.1, -0.05) is 0 Å². The Hall–Kier alpha value is -0.120. The molecule has 1 fully saturated rings. The maximum atomic E-state index is 5.38. The van der Waals surface area contributed by atoms with Gasteiger partial charge in [-0.15, -0.1) is 0 Å². The van der Waals surface area contributed by atoms with E-state index in [2.05, 4.69) is 4.89 Å². The predicted octanol–water partition coefficient (Wildman–Crippen LogP) is 1.13. The Morgan fingerprint density at radius 1 is 1.50 bits per heavy atom. The molecule has 1 aliphatic rings. The Balaban J connectivity index is 2.02. The fourth-order valence-corrected chi connectivity index (χ4v) is 1.08. The third-order valence-electron chi connectivity index (χ3n) is 1.65. The first-order valence-corrected chi connectivity index (χ1v) is 3.70. The van der Waals surface area contributed by atoms with Crippen molar-refractivity contribution in [3.63, 3.8) is 0 Å². The van der Waals surface area contributed by atoms with Gasteiger partial charge in [0.25, 0.3) is 0 Å². The molecule has 60 valence electrons. The van der Waals surface area contributed by atoms with Crippen molar-refractivity contribution >= 4 is 0 Å². The average Bonchev–Trinajstić information content (AvgIpc) is 2.03. The fourth-order valence-electron chi connectivity index (χ4n) is 1.08. The van der Waals surface area contributed by atoms with E-state index in [1.165, 1.54) is 20.0 Å². The third kappa shape index (κ3) is 2.64. The molecule has 1 aliphatic heterocycles. The monoisotopic (exact) mass is 146 g/mol. The van der Waals surface area contributed by atoms with E-state index in [4.69, 9.17) is 9.62 Å². The minimum Gasteiger partial charge on any atom is -0.376 e. The highest BCUT2D eigenvalue weighted by atomic mass is 17.2. The van der Waals surface area contributed by atoms with E-state index in [1.807, 2.05) is 0 Å². The molecule has 1 heterocycles. The van der Waals surface area contributed by atoms with Crippen molar-refractivity contribution in [3.8, 4) is 0 Å². The van der Waals surface area contributed by atoms with Crippen LogP contribution in [0.3, 0.4) is 0 Å². The molecular weight excluding hydrogens is 132 g/mol. The van der Waals surface area contributed by atoms with Crippen molar-refractivity contribution in [1.29, 1.82) is 0 Å². The van der Waals surface area contributed by atoms with Gasteiger partial charge in [0.05, 0.1) is 13.2 Å². The predicted molar refractivity (Wildman–Crippen MR) is 36.6 cm³/mol. The first kappa shape index (κ1) is 7.98. The van der Waals surface area contributed by atoms with Crippen LogP contribution in [0, 0.1) is 0 Å². The van der Waals surface area contributed by atoms with Crippen LogP contribution in [0.5, 0.6) is 0 Å². The molecule has 1 unspecified atom stereocenters. The molecule has 0 bridgehead atoms. The van der Waals surface area contributed by atoms with Crippen molar-refractivity contribution in [3.05, 3.63) is 0 Å². The van der Waals surface area contributed by atoms with Gasteiger partial charge in [-0.3, -0.25) is 0 Å². The van der Waals surface area contributed by atoms with Gasteiger partial charge >= 0.3 is 0 Å². The van der Waals surface area contributed by atoms with E-state index in [1.54, 1.807) is 0 Å². The summed E-state index contributed by atoms with van der Waals surface area (Å²) in [4.78, 5) is 9.21. The van der Waals surface area contributed by atoms with Gasteiger partial charge in [-0.25, -0.2) is 9.78 Å². The summed E-state index contributed by atoms with van der Waals surface area (Å²) in [5.41, 5.74) is 0. The molecule has 10 heavy (non-hydrogen) atoms. The van der Waals surface area contributed by atoms with Crippen LogP contribution >= 0.6 is 0 Å². The third-order valence-corrected chi connectivity index (χ3v) is 1.65. The van der Waals surface area contributed by atoms with Crippen LogP contribution in [-0.2, 0) is 14.5 Å². The van der Waals surface area contributed by atoms with Gasteiger partial charge in [0.15, 0.2) is 0 Å².